The van der Waals surface area contributed by atoms with Gasteiger partial charge in [0.25, 0.3) is 0 Å². The molecule has 3 aliphatic rings. The standard InChI is InChI=1S/C29H43N3O3/c1-8-21-9-10-22(35-7)16-29(21,6)32-13-11-31(12-14-32)18-24(33)30-27-25-23(17-28(27,4)5)19(2)15-20(3)26(25)34/h9-10,15-16,21,27,34H,8,11-14,17-18H2,1-7H3,(H,30,33). The molecule has 1 aromatic carbocycles. The lowest BCUT2D eigenvalue weighted by molar-refractivity contribution is -0.124. The molecule has 3 atom stereocenters. The summed E-state index contributed by atoms with van der Waals surface area (Å²) in [6.07, 6.45) is 8.56. The van der Waals surface area contributed by atoms with Crippen LogP contribution < -0.4 is 5.32 Å². The molecule has 0 saturated carbocycles. The molecule has 1 saturated heterocycles. The average molecular weight is 482 g/mol. The Morgan fingerprint density at radius 1 is 1.17 bits per heavy atom. The third-order valence-electron chi connectivity index (χ3n) is 8.65. The number of ether oxygens (including phenoxy) is 1. The van der Waals surface area contributed by atoms with E-state index in [0.717, 1.165) is 55.9 Å². The van der Waals surface area contributed by atoms with Gasteiger partial charge in [-0.25, -0.2) is 0 Å². The summed E-state index contributed by atoms with van der Waals surface area (Å²) in [7, 11) is 1.73. The fraction of sp³-hybridized carbons (Fsp3) is 0.621. The summed E-state index contributed by atoms with van der Waals surface area (Å²) in [6, 6.07) is 1.87. The number of aryl methyl sites for hydroxylation is 2. The van der Waals surface area contributed by atoms with Crippen molar-refractivity contribution >= 4 is 5.91 Å². The van der Waals surface area contributed by atoms with Gasteiger partial charge in [0.05, 0.1) is 19.7 Å². The maximum Gasteiger partial charge on any atom is 0.234 e. The van der Waals surface area contributed by atoms with Crippen molar-refractivity contribution in [1.82, 2.24) is 15.1 Å². The van der Waals surface area contributed by atoms with E-state index >= 15 is 0 Å². The van der Waals surface area contributed by atoms with Crippen LogP contribution in [0.1, 0.15) is 62.4 Å². The molecule has 1 heterocycles. The largest absolute Gasteiger partial charge is 0.507 e. The van der Waals surface area contributed by atoms with E-state index in [4.69, 9.17) is 4.74 Å². The Hall–Kier alpha value is -2.31. The van der Waals surface area contributed by atoms with Crippen molar-refractivity contribution < 1.29 is 14.6 Å². The van der Waals surface area contributed by atoms with E-state index in [1.54, 1.807) is 7.11 Å². The Labute approximate surface area is 211 Å². The van der Waals surface area contributed by atoms with E-state index in [1.807, 2.05) is 13.0 Å². The first-order valence-electron chi connectivity index (χ1n) is 13.0. The number of rotatable bonds is 6. The second-order valence-corrected chi connectivity index (χ2v) is 11.5. The van der Waals surface area contributed by atoms with Crippen molar-refractivity contribution in [2.45, 2.75) is 66.0 Å². The second-order valence-electron chi connectivity index (χ2n) is 11.5. The van der Waals surface area contributed by atoms with Crippen molar-refractivity contribution in [3.63, 3.8) is 0 Å². The molecule has 1 fully saturated rings. The predicted octanol–water partition coefficient (Wildman–Crippen LogP) is 4.25. The van der Waals surface area contributed by atoms with Crippen LogP contribution in [0.3, 0.4) is 0 Å². The lowest BCUT2D eigenvalue weighted by atomic mass is 9.78. The number of phenols is 1. The number of fused-ring (bicyclic) bond motifs is 1. The summed E-state index contributed by atoms with van der Waals surface area (Å²) in [5, 5.41) is 14.1. The monoisotopic (exact) mass is 481 g/mol. The number of carbonyl (C=O) groups is 1. The van der Waals surface area contributed by atoms with Crippen LogP contribution >= 0.6 is 0 Å². The summed E-state index contributed by atoms with van der Waals surface area (Å²) >= 11 is 0. The van der Waals surface area contributed by atoms with Gasteiger partial charge >= 0.3 is 0 Å². The maximum atomic E-state index is 13.2. The predicted molar refractivity (Wildman–Crippen MR) is 140 cm³/mol. The molecular weight excluding hydrogens is 438 g/mol. The van der Waals surface area contributed by atoms with Gasteiger partial charge in [-0.3, -0.25) is 14.6 Å². The summed E-state index contributed by atoms with van der Waals surface area (Å²) in [6.45, 7) is 16.9. The normalized spacial score (nSPS) is 28.5. The summed E-state index contributed by atoms with van der Waals surface area (Å²) in [5.41, 5.74) is 3.94. The van der Waals surface area contributed by atoms with Gasteiger partial charge in [-0.1, -0.05) is 32.9 Å². The Morgan fingerprint density at radius 2 is 1.86 bits per heavy atom. The number of carbonyl (C=O) groups excluding carboxylic acids is 1. The Kier molecular flexibility index (Phi) is 7.09. The molecule has 6 nitrogen and oxygen atoms in total. The fourth-order valence-corrected chi connectivity index (χ4v) is 6.46. The lowest BCUT2D eigenvalue weighted by Crippen LogP contribution is -2.59. The summed E-state index contributed by atoms with van der Waals surface area (Å²) in [5.74, 6) is 1.73. The van der Waals surface area contributed by atoms with Gasteiger partial charge in [-0.15, -0.1) is 0 Å². The van der Waals surface area contributed by atoms with Crippen molar-refractivity contribution in [3.8, 4) is 5.75 Å². The molecule has 0 aromatic heterocycles. The smallest absolute Gasteiger partial charge is 0.234 e. The quantitative estimate of drug-likeness (QED) is 0.636. The SMILES string of the molecule is CCC1C=CC(OC)=CC1(C)N1CCN(CC(=O)NC2c3c(O)c(C)cc(C)c3CC2(C)C)CC1. The van der Waals surface area contributed by atoms with Gasteiger partial charge in [0, 0.05) is 37.3 Å². The van der Waals surface area contributed by atoms with Gasteiger partial charge in [0.1, 0.15) is 11.5 Å². The fourth-order valence-electron chi connectivity index (χ4n) is 6.46. The van der Waals surface area contributed by atoms with Crippen LogP contribution in [-0.4, -0.2) is 66.2 Å². The number of benzene rings is 1. The molecule has 6 heteroatoms. The van der Waals surface area contributed by atoms with Crippen molar-refractivity contribution in [2.24, 2.45) is 11.3 Å². The molecule has 35 heavy (non-hydrogen) atoms. The molecule has 0 bridgehead atoms. The number of allylic oxidation sites excluding steroid dienone is 1. The van der Waals surface area contributed by atoms with E-state index in [9.17, 15) is 9.90 Å². The molecule has 0 radical (unpaired) electrons. The van der Waals surface area contributed by atoms with Crippen LogP contribution in [-0.2, 0) is 16.0 Å². The maximum absolute atomic E-state index is 13.2. The molecule has 2 aliphatic carbocycles. The molecule has 2 N–H and O–H groups in total. The van der Waals surface area contributed by atoms with Crippen molar-refractivity contribution in [1.29, 1.82) is 0 Å². The van der Waals surface area contributed by atoms with E-state index < -0.39 is 0 Å². The number of aromatic hydroxyl groups is 1. The zero-order valence-corrected chi connectivity index (χ0v) is 22.6. The number of phenolic OH excluding ortho intramolecular Hbond substituents is 1. The number of nitrogens with one attached hydrogen (secondary N) is 1. The number of amides is 1. The lowest BCUT2D eigenvalue weighted by Gasteiger charge is -2.48. The molecular formula is C29H43N3O3. The number of hydrogen-bond acceptors (Lipinski definition) is 5. The first-order valence-corrected chi connectivity index (χ1v) is 13.0. The first-order chi connectivity index (χ1) is 16.5. The zero-order valence-electron chi connectivity index (χ0n) is 22.6. The molecule has 192 valence electrons. The molecule has 1 aliphatic heterocycles. The first kappa shape index (κ1) is 25.8. The Morgan fingerprint density at radius 3 is 2.49 bits per heavy atom. The minimum absolute atomic E-state index is 0.0303. The topological polar surface area (TPSA) is 65.0 Å². The third kappa shape index (κ3) is 4.75. The highest BCUT2D eigenvalue weighted by Gasteiger charge is 2.43. The van der Waals surface area contributed by atoms with Crippen LogP contribution in [0.5, 0.6) is 5.75 Å². The number of hydrogen-bond donors (Lipinski definition) is 2. The highest BCUT2D eigenvalue weighted by molar-refractivity contribution is 5.79. The van der Waals surface area contributed by atoms with Crippen molar-refractivity contribution in [2.75, 3.05) is 39.8 Å². The molecule has 4 rings (SSSR count). The van der Waals surface area contributed by atoms with E-state index in [1.165, 1.54) is 11.1 Å². The van der Waals surface area contributed by atoms with Gasteiger partial charge in [-0.05, 0) is 73.8 Å². The van der Waals surface area contributed by atoms with Crippen LogP contribution in [0, 0.1) is 25.2 Å². The zero-order chi connectivity index (χ0) is 25.5. The van der Waals surface area contributed by atoms with Crippen LogP contribution in [0.25, 0.3) is 0 Å². The van der Waals surface area contributed by atoms with Crippen LogP contribution in [0.4, 0.5) is 0 Å². The van der Waals surface area contributed by atoms with Crippen molar-refractivity contribution in [3.05, 3.63) is 52.3 Å². The number of methoxy groups -OCH3 is 1. The average Bonchev–Trinajstić information content (AvgIpc) is 3.08. The summed E-state index contributed by atoms with van der Waals surface area (Å²) < 4.78 is 5.54. The van der Waals surface area contributed by atoms with E-state index in [0.29, 0.717) is 18.2 Å². The highest BCUT2D eigenvalue weighted by Crippen LogP contribution is 2.50. The molecule has 1 aromatic rings. The molecule has 3 unspecified atom stereocenters. The molecule has 1 amide bonds. The minimum Gasteiger partial charge on any atom is -0.507 e. The second kappa shape index (κ2) is 9.62. The number of nitrogens with zero attached hydrogens (tertiary/aromatic N) is 2. The van der Waals surface area contributed by atoms with Gasteiger partial charge in [0.2, 0.25) is 5.91 Å². The third-order valence-corrected chi connectivity index (χ3v) is 8.65. The molecule has 0 spiro atoms. The van der Waals surface area contributed by atoms with Gasteiger partial charge < -0.3 is 15.2 Å². The van der Waals surface area contributed by atoms with Gasteiger partial charge in [0.15, 0.2) is 0 Å². The van der Waals surface area contributed by atoms with E-state index in [2.05, 4.69) is 68.0 Å². The Bertz CT molecular complexity index is 1040. The minimum atomic E-state index is -0.180. The van der Waals surface area contributed by atoms with Gasteiger partial charge in [-0.2, -0.15) is 0 Å². The number of piperazine rings is 1. The van der Waals surface area contributed by atoms with Crippen LogP contribution in [0.15, 0.2) is 30.1 Å². The Balaban J connectivity index is 1.40. The van der Waals surface area contributed by atoms with E-state index in [-0.39, 0.29) is 22.9 Å². The highest BCUT2D eigenvalue weighted by atomic mass is 16.5. The van der Waals surface area contributed by atoms with Crippen LogP contribution in [0.2, 0.25) is 0 Å². The summed E-state index contributed by atoms with van der Waals surface area (Å²) in [4.78, 5) is 18.0.